The van der Waals surface area contributed by atoms with E-state index in [9.17, 15) is 9.90 Å². The topological polar surface area (TPSA) is 98.9 Å². The molecule has 0 saturated carbocycles. The molecule has 0 fully saturated rings. The molecule has 2 aromatic heterocycles. The second-order valence-corrected chi connectivity index (χ2v) is 5.05. The molecule has 3 rings (SSSR count). The van der Waals surface area contributed by atoms with Gasteiger partial charge < -0.3 is 10.4 Å². The highest BCUT2D eigenvalue weighted by Crippen LogP contribution is 2.25. The van der Waals surface area contributed by atoms with E-state index in [2.05, 4.69) is 10.3 Å². The number of carbonyl (C=O) groups is 1. The number of rotatable bonds is 5. The van der Waals surface area contributed by atoms with Crippen molar-refractivity contribution in [2.45, 2.75) is 6.42 Å². The number of anilines is 1. The van der Waals surface area contributed by atoms with Gasteiger partial charge in [-0.25, -0.2) is 10.5 Å². The Labute approximate surface area is 132 Å². The van der Waals surface area contributed by atoms with Crippen molar-refractivity contribution in [1.29, 1.82) is 0 Å². The molecule has 1 amide bonds. The van der Waals surface area contributed by atoms with Gasteiger partial charge in [-0.05, 0) is 17.7 Å². The van der Waals surface area contributed by atoms with Crippen molar-refractivity contribution in [3.8, 4) is 5.75 Å². The molecule has 0 radical (unpaired) electrons. The number of benzene rings is 1. The van der Waals surface area contributed by atoms with Crippen LogP contribution >= 0.6 is 0 Å². The Morgan fingerprint density at radius 1 is 1.17 bits per heavy atom. The van der Waals surface area contributed by atoms with Crippen molar-refractivity contribution in [1.82, 2.24) is 14.9 Å². The van der Waals surface area contributed by atoms with Crippen molar-refractivity contribution in [2.24, 2.45) is 0 Å². The van der Waals surface area contributed by atoms with Gasteiger partial charge in [-0.3, -0.25) is 14.4 Å². The number of fused-ring (bicyclic) bond motifs is 1. The standard InChI is InChI=1S/C16H16N4O3/c21-13-7-4-8-20-12(9-11-5-2-1-3-6-11)15(18-16(13)20)17-10-14(22)19-23/h1-8,17,21,23H,9-10H2,(H,19,22). The molecule has 0 atom stereocenters. The first-order chi connectivity index (χ1) is 11.2. The van der Waals surface area contributed by atoms with Crippen LogP contribution in [-0.4, -0.2) is 32.2 Å². The zero-order chi connectivity index (χ0) is 16.2. The summed E-state index contributed by atoms with van der Waals surface area (Å²) in [5, 5.41) is 21.5. The first-order valence-electron chi connectivity index (χ1n) is 7.08. The Morgan fingerprint density at radius 2 is 1.96 bits per heavy atom. The number of aromatic nitrogens is 2. The van der Waals surface area contributed by atoms with Crippen molar-refractivity contribution in [2.75, 3.05) is 11.9 Å². The SMILES string of the molecule is O=C(CNc1nc2c(O)cccn2c1Cc1ccccc1)NO. The molecule has 0 bridgehead atoms. The summed E-state index contributed by atoms with van der Waals surface area (Å²) in [7, 11) is 0. The Hall–Kier alpha value is -3.06. The van der Waals surface area contributed by atoms with Crippen LogP contribution in [0, 0.1) is 0 Å². The van der Waals surface area contributed by atoms with Crippen LogP contribution in [0.1, 0.15) is 11.3 Å². The summed E-state index contributed by atoms with van der Waals surface area (Å²) in [4.78, 5) is 15.6. The van der Waals surface area contributed by atoms with Crippen LogP contribution in [0.15, 0.2) is 48.7 Å². The second kappa shape index (κ2) is 6.37. The molecule has 0 unspecified atom stereocenters. The molecule has 4 N–H and O–H groups in total. The largest absolute Gasteiger partial charge is 0.504 e. The Bertz CT molecular complexity index is 830. The number of hydroxylamine groups is 1. The molecule has 2 heterocycles. The van der Waals surface area contributed by atoms with E-state index in [0.29, 0.717) is 17.9 Å². The summed E-state index contributed by atoms with van der Waals surface area (Å²) in [6, 6.07) is 13.1. The highest BCUT2D eigenvalue weighted by atomic mass is 16.5. The zero-order valence-corrected chi connectivity index (χ0v) is 12.2. The minimum absolute atomic E-state index is 0.0569. The number of imidazole rings is 1. The van der Waals surface area contributed by atoms with Gasteiger partial charge in [-0.1, -0.05) is 30.3 Å². The lowest BCUT2D eigenvalue weighted by Gasteiger charge is -2.07. The second-order valence-electron chi connectivity index (χ2n) is 5.05. The molecular formula is C16H16N4O3. The highest BCUT2D eigenvalue weighted by molar-refractivity contribution is 5.79. The Morgan fingerprint density at radius 3 is 2.70 bits per heavy atom. The van der Waals surface area contributed by atoms with Crippen LogP contribution in [-0.2, 0) is 11.2 Å². The summed E-state index contributed by atoms with van der Waals surface area (Å²) < 4.78 is 1.78. The van der Waals surface area contributed by atoms with Crippen LogP contribution in [0.25, 0.3) is 5.65 Å². The molecule has 0 aliphatic carbocycles. The number of nitrogens with zero attached hydrogens (tertiary/aromatic N) is 2. The molecular weight excluding hydrogens is 296 g/mol. The molecule has 3 aromatic rings. The molecule has 7 nitrogen and oxygen atoms in total. The third-order valence-corrected chi connectivity index (χ3v) is 3.48. The fourth-order valence-electron chi connectivity index (χ4n) is 2.41. The van der Waals surface area contributed by atoms with Gasteiger partial charge >= 0.3 is 0 Å². The first kappa shape index (κ1) is 14.9. The molecule has 0 spiro atoms. The average molecular weight is 312 g/mol. The number of hydrogen-bond donors (Lipinski definition) is 4. The van der Waals surface area contributed by atoms with Crippen LogP contribution in [0.4, 0.5) is 5.82 Å². The van der Waals surface area contributed by atoms with Gasteiger partial charge in [-0.2, -0.15) is 0 Å². The third-order valence-electron chi connectivity index (χ3n) is 3.48. The summed E-state index contributed by atoms with van der Waals surface area (Å²) in [5.41, 5.74) is 3.86. The molecule has 118 valence electrons. The van der Waals surface area contributed by atoms with Gasteiger partial charge in [0.2, 0.25) is 0 Å². The normalized spacial score (nSPS) is 10.7. The van der Waals surface area contributed by atoms with Gasteiger partial charge in [0.05, 0.1) is 12.2 Å². The average Bonchev–Trinajstić information content (AvgIpc) is 2.93. The first-order valence-corrected chi connectivity index (χ1v) is 7.08. The van der Waals surface area contributed by atoms with Gasteiger partial charge in [0.15, 0.2) is 11.4 Å². The van der Waals surface area contributed by atoms with E-state index in [1.54, 1.807) is 28.2 Å². The molecule has 7 heteroatoms. The smallest absolute Gasteiger partial charge is 0.262 e. The fraction of sp³-hybridized carbons (Fsp3) is 0.125. The number of carbonyl (C=O) groups excluding carboxylic acids is 1. The monoisotopic (exact) mass is 312 g/mol. The van der Waals surface area contributed by atoms with E-state index in [0.717, 1.165) is 11.3 Å². The summed E-state index contributed by atoms with van der Waals surface area (Å²) in [6.45, 7) is -0.122. The molecule has 23 heavy (non-hydrogen) atoms. The maximum Gasteiger partial charge on any atom is 0.262 e. The minimum atomic E-state index is -0.572. The lowest BCUT2D eigenvalue weighted by Crippen LogP contribution is -2.27. The quantitative estimate of drug-likeness (QED) is 0.423. The number of aromatic hydroxyl groups is 1. The van der Waals surface area contributed by atoms with E-state index in [1.807, 2.05) is 30.3 Å². The molecule has 1 aromatic carbocycles. The predicted molar refractivity (Wildman–Crippen MR) is 84.5 cm³/mol. The highest BCUT2D eigenvalue weighted by Gasteiger charge is 2.15. The Kier molecular flexibility index (Phi) is 4.11. The molecule has 0 aliphatic heterocycles. The number of hydrogen-bond acceptors (Lipinski definition) is 5. The van der Waals surface area contributed by atoms with E-state index < -0.39 is 5.91 Å². The van der Waals surface area contributed by atoms with Crippen molar-refractivity contribution < 1.29 is 15.1 Å². The van der Waals surface area contributed by atoms with Crippen LogP contribution in [0.3, 0.4) is 0 Å². The maximum absolute atomic E-state index is 11.2. The number of amides is 1. The maximum atomic E-state index is 11.2. The van der Waals surface area contributed by atoms with Crippen molar-refractivity contribution in [3.63, 3.8) is 0 Å². The number of nitrogens with one attached hydrogen (secondary N) is 2. The fourth-order valence-corrected chi connectivity index (χ4v) is 2.41. The van der Waals surface area contributed by atoms with Crippen molar-refractivity contribution >= 4 is 17.4 Å². The predicted octanol–water partition coefficient (Wildman–Crippen LogP) is 1.55. The summed E-state index contributed by atoms with van der Waals surface area (Å²) >= 11 is 0. The van der Waals surface area contributed by atoms with E-state index in [1.165, 1.54) is 0 Å². The third kappa shape index (κ3) is 3.09. The minimum Gasteiger partial charge on any atom is -0.504 e. The van der Waals surface area contributed by atoms with Crippen LogP contribution in [0.5, 0.6) is 5.75 Å². The van der Waals surface area contributed by atoms with Crippen LogP contribution in [0.2, 0.25) is 0 Å². The van der Waals surface area contributed by atoms with Gasteiger partial charge in [0.25, 0.3) is 5.91 Å². The molecule has 0 aliphatic rings. The lowest BCUT2D eigenvalue weighted by molar-refractivity contribution is -0.127. The zero-order valence-electron chi connectivity index (χ0n) is 12.2. The van der Waals surface area contributed by atoms with Gasteiger partial charge in [-0.15, -0.1) is 0 Å². The van der Waals surface area contributed by atoms with Gasteiger partial charge in [0, 0.05) is 12.6 Å². The summed E-state index contributed by atoms with van der Waals surface area (Å²) in [6.07, 6.45) is 2.38. The summed E-state index contributed by atoms with van der Waals surface area (Å²) in [5.74, 6) is -0.0302. The Balaban J connectivity index is 2.01. The van der Waals surface area contributed by atoms with Gasteiger partial charge in [0.1, 0.15) is 5.82 Å². The number of pyridine rings is 1. The van der Waals surface area contributed by atoms with E-state index in [-0.39, 0.29) is 12.3 Å². The lowest BCUT2D eigenvalue weighted by atomic mass is 10.1. The van der Waals surface area contributed by atoms with Crippen LogP contribution < -0.4 is 10.8 Å². The molecule has 0 saturated heterocycles. The van der Waals surface area contributed by atoms with E-state index >= 15 is 0 Å². The van der Waals surface area contributed by atoms with E-state index in [4.69, 9.17) is 5.21 Å². The van der Waals surface area contributed by atoms with Crippen molar-refractivity contribution in [3.05, 3.63) is 59.9 Å².